The zero-order valence-electron chi connectivity index (χ0n) is 4.99. The topological polar surface area (TPSA) is 3.24 Å². The smallest absolute Gasteiger partial charge is 0.0385 e. The van der Waals surface area contributed by atoms with Crippen LogP contribution >= 0.6 is 23.6 Å². The third-order valence-electron chi connectivity index (χ3n) is 0.924. The van der Waals surface area contributed by atoms with Gasteiger partial charge in [0.25, 0.3) is 0 Å². The van der Waals surface area contributed by atoms with Crippen LogP contribution in [0, 0.1) is 0 Å². The molecule has 0 aliphatic carbocycles. The third-order valence-corrected chi connectivity index (χ3v) is 1.59. The average Bonchev–Trinajstić information content (AvgIpc) is 1.65. The summed E-state index contributed by atoms with van der Waals surface area (Å²) in [4.78, 5) is 0. The molecule has 0 aromatic rings. The van der Waals surface area contributed by atoms with Gasteiger partial charge < -0.3 is 0 Å². The van der Waals surface area contributed by atoms with Crippen LogP contribution in [0.4, 0.5) is 0 Å². The molecule has 1 atom stereocenters. The van der Waals surface area contributed by atoms with Crippen LogP contribution in [-0.2, 0) is 21.7 Å². The second-order valence-corrected chi connectivity index (χ2v) is 2.42. The van der Waals surface area contributed by atoms with Crippen molar-refractivity contribution in [2.75, 3.05) is 0 Å². The fourth-order valence-corrected chi connectivity index (χ4v) is 0.414. The van der Waals surface area contributed by atoms with Gasteiger partial charge in [-0.3, -0.25) is 0 Å². The summed E-state index contributed by atoms with van der Waals surface area (Å²) in [6, 6.07) is 0.267. The van der Waals surface area contributed by atoms with E-state index in [1.54, 1.807) is 0 Å². The standard InChI is InChI=1S/C4H9Cl2N.Ti/c1-3-4(2)7(5)6;/h4H,3H2,1-2H3;. The summed E-state index contributed by atoms with van der Waals surface area (Å²) in [7, 11) is 0. The van der Waals surface area contributed by atoms with E-state index < -0.39 is 0 Å². The summed E-state index contributed by atoms with van der Waals surface area (Å²) < 4.78 is 1.17. The number of halogens is 2. The molecule has 0 saturated heterocycles. The van der Waals surface area contributed by atoms with Crippen LogP contribution in [0.1, 0.15) is 20.3 Å². The van der Waals surface area contributed by atoms with Gasteiger partial charge >= 0.3 is 0 Å². The van der Waals surface area contributed by atoms with E-state index in [1.165, 1.54) is 3.94 Å². The largest absolute Gasteiger partial charge is 0.129 e. The Labute approximate surface area is 75.4 Å². The second kappa shape index (κ2) is 6.38. The van der Waals surface area contributed by atoms with Gasteiger partial charge in [-0.1, -0.05) is 6.92 Å². The molecule has 4 heteroatoms. The number of hydrogen-bond acceptors (Lipinski definition) is 1. The van der Waals surface area contributed by atoms with Crippen molar-refractivity contribution in [1.82, 2.24) is 3.94 Å². The summed E-state index contributed by atoms with van der Waals surface area (Å²) in [6.07, 6.45) is 0.979. The van der Waals surface area contributed by atoms with E-state index >= 15 is 0 Å². The van der Waals surface area contributed by atoms with Crippen LogP contribution in [0.2, 0.25) is 0 Å². The third kappa shape index (κ3) is 5.39. The molecule has 0 aliphatic rings. The van der Waals surface area contributed by atoms with Gasteiger partial charge in [0.1, 0.15) is 0 Å². The maximum atomic E-state index is 5.33. The SMILES string of the molecule is CCC(C)N(Cl)Cl.[Ti]. The molecule has 1 unspecified atom stereocenters. The van der Waals surface area contributed by atoms with Crippen LogP contribution < -0.4 is 0 Å². The van der Waals surface area contributed by atoms with E-state index in [2.05, 4.69) is 0 Å². The molecule has 0 aliphatic heterocycles. The Balaban J connectivity index is 0. The molecule has 1 nitrogen and oxygen atoms in total. The molecule has 0 fully saturated rings. The van der Waals surface area contributed by atoms with Crippen molar-refractivity contribution >= 4 is 23.6 Å². The van der Waals surface area contributed by atoms with E-state index in [4.69, 9.17) is 23.6 Å². The molecule has 0 aromatic heterocycles. The van der Waals surface area contributed by atoms with Crippen LogP contribution in [0.25, 0.3) is 0 Å². The number of hydrogen-bond donors (Lipinski definition) is 0. The van der Waals surface area contributed by atoms with Crippen molar-refractivity contribution in [2.45, 2.75) is 26.3 Å². The van der Waals surface area contributed by atoms with E-state index in [-0.39, 0.29) is 27.8 Å². The second-order valence-electron chi connectivity index (χ2n) is 1.52. The average molecular weight is 190 g/mol. The Bertz CT molecular complexity index is 51.3. The molecule has 0 N–H and O–H groups in total. The van der Waals surface area contributed by atoms with Crippen molar-refractivity contribution in [1.29, 1.82) is 0 Å². The quantitative estimate of drug-likeness (QED) is 0.477. The van der Waals surface area contributed by atoms with Gasteiger partial charge in [-0.15, -0.1) is 3.94 Å². The summed E-state index contributed by atoms with van der Waals surface area (Å²) in [5, 5.41) is 0. The van der Waals surface area contributed by atoms with Gasteiger partial charge in [0.2, 0.25) is 0 Å². The minimum atomic E-state index is 0. The van der Waals surface area contributed by atoms with Crippen molar-refractivity contribution in [3.63, 3.8) is 0 Å². The van der Waals surface area contributed by atoms with Crippen molar-refractivity contribution in [3.05, 3.63) is 0 Å². The predicted octanol–water partition coefficient (Wildman–Crippen LogP) is 2.39. The molecule has 0 spiro atoms. The minimum absolute atomic E-state index is 0. The molecule has 0 aromatic carbocycles. The first-order valence-electron chi connectivity index (χ1n) is 2.29. The molecule has 0 amide bonds. The molecule has 48 valence electrons. The zero-order valence-corrected chi connectivity index (χ0v) is 8.06. The normalized spacial score (nSPS) is 13.1. The van der Waals surface area contributed by atoms with E-state index in [0.717, 1.165) is 6.42 Å². The van der Waals surface area contributed by atoms with Gasteiger partial charge in [0.15, 0.2) is 0 Å². The van der Waals surface area contributed by atoms with Crippen molar-refractivity contribution in [2.24, 2.45) is 0 Å². The molecule has 0 heterocycles. The van der Waals surface area contributed by atoms with Crippen LogP contribution in [0.5, 0.6) is 0 Å². The van der Waals surface area contributed by atoms with Gasteiger partial charge in [-0.2, -0.15) is 0 Å². The Morgan fingerprint density at radius 3 is 1.88 bits per heavy atom. The Kier molecular flexibility index (Phi) is 9.55. The fraction of sp³-hybridized carbons (Fsp3) is 1.00. The zero-order chi connectivity index (χ0) is 5.86. The first kappa shape index (κ1) is 12.0. The summed E-state index contributed by atoms with van der Waals surface area (Å²) >= 11 is 10.7. The first-order valence-corrected chi connectivity index (χ1v) is 2.97. The van der Waals surface area contributed by atoms with Gasteiger partial charge in [-0.05, 0) is 36.9 Å². The number of rotatable bonds is 2. The summed E-state index contributed by atoms with van der Waals surface area (Å²) in [5.41, 5.74) is 0. The Hall–Kier alpha value is 1.25. The summed E-state index contributed by atoms with van der Waals surface area (Å²) in [6.45, 7) is 3.99. The van der Waals surface area contributed by atoms with Gasteiger partial charge in [-0.25, -0.2) is 0 Å². The van der Waals surface area contributed by atoms with Gasteiger partial charge in [0.05, 0.1) is 0 Å². The number of nitrogens with zero attached hydrogens (tertiary/aromatic N) is 1. The van der Waals surface area contributed by atoms with Crippen LogP contribution in [-0.4, -0.2) is 9.98 Å². The van der Waals surface area contributed by atoms with E-state index in [0.29, 0.717) is 0 Å². The van der Waals surface area contributed by atoms with Crippen LogP contribution in [0.3, 0.4) is 0 Å². The molecule has 0 saturated carbocycles. The van der Waals surface area contributed by atoms with E-state index in [1.807, 2.05) is 13.8 Å². The molecular formula is C4H9Cl2NTi. The predicted molar refractivity (Wildman–Crippen MR) is 33.3 cm³/mol. The van der Waals surface area contributed by atoms with E-state index in [9.17, 15) is 0 Å². The fourth-order valence-electron chi connectivity index (χ4n) is 0.138. The Morgan fingerprint density at radius 2 is 1.88 bits per heavy atom. The molecule has 0 bridgehead atoms. The molecule has 8 heavy (non-hydrogen) atoms. The Morgan fingerprint density at radius 1 is 1.50 bits per heavy atom. The molecular weight excluding hydrogens is 181 g/mol. The maximum absolute atomic E-state index is 5.33. The van der Waals surface area contributed by atoms with Crippen molar-refractivity contribution in [3.8, 4) is 0 Å². The van der Waals surface area contributed by atoms with Crippen molar-refractivity contribution < 1.29 is 21.7 Å². The van der Waals surface area contributed by atoms with Gasteiger partial charge in [0, 0.05) is 27.8 Å². The minimum Gasteiger partial charge on any atom is -0.129 e. The monoisotopic (exact) mass is 189 g/mol. The first-order chi connectivity index (χ1) is 3.18. The molecule has 0 radical (unpaired) electrons. The van der Waals surface area contributed by atoms with Crippen LogP contribution in [0.15, 0.2) is 0 Å². The summed E-state index contributed by atoms with van der Waals surface area (Å²) in [5.74, 6) is 0. The maximum Gasteiger partial charge on any atom is 0.0385 e. The molecule has 0 rings (SSSR count).